The minimum atomic E-state index is -5.08. The number of fused-ring (bicyclic) bond motifs is 1. The molecule has 0 fully saturated rings. The van der Waals surface area contributed by atoms with Crippen molar-refractivity contribution in [1.29, 1.82) is 0 Å². The van der Waals surface area contributed by atoms with Crippen LogP contribution in [-0.2, 0) is 29.0 Å². The summed E-state index contributed by atoms with van der Waals surface area (Å²) in [6, 6.07) is 22.8. The van der Waals surface area contributed by atoms with Crippen LogP contribution in [0.5, 0.6) is 11.5 Å². The molecule has 1 unspecified atom stereocenters. The van der Waals surface area contributed by atoms with Gasteiger partial charge in [0.15, 0.2) is 11.5 Å². The lowest BCUT2D eigenvalue weighted by atomic mass is 10.0. The Kier molecular flexibility index (Phi) is 13.1. The van der Waals surface area contributed by atoms with Gasteiger partial charge >= 0.3 is 12.1 Å². The van der Waals surface area contributed by atoms with Crippen LogP contribution in [0.1, 0.15) is 63.2 Å². The molecule has 0 aliphatic heterocycles. The minimum Gasteiger partial charge on any atom is -0.490 e. The van der Waals surface area contributed by atoms with E-state index >= 15 is 0 Å². The van der Waals surface area contributed by atoms with Crippen molar-refractivity contribution in [2.45, 2.75) is 72.3 Å². The highest BCUT2D eigenvalue weighted by Crippen LogP contribution is 2.34. The molecule has 3 aromatic carbocycles. The van der Waals surface area contributed by atoms with Crippen molar-refractivity contribution in [3.63, 3.8) is 0 Å². The molecule has 52 heavy (non-hydrogen) atoms. The summed E-state index contributed by atoms with van der Waals surface area (Å²) in [5, 5.41) is 20.4. The molecule has 2 aromatic heterocycles. The topological polar surface area (TPSA) is 154 Å². The van der Waals surface area contributed by atoms with Crippen LogP contribution in [0.25, 0.3) is 16.5 Å². The Morgan fingerprint density at radius 3 is 2.35 bits per heavy atom. The summed E-state index contributed by atoms with van der Waals surface area (Å²) < 4.78 is 45.7. The number of nitrogens with two attached hydrogens (primary N) is 1. The van der Waals surface area contributed by atoms with E-state index < -0.39 is 18.2 Å². The standard InChI is InChI=1S/C36H42N6O3.C2HF3O2/c1-6-27-21-29(7-2)42(41-27)31-12-10-9-11-26(31)22-39-36(43)34(25-13-16-32(45-23(4)5)33(20-25)44-8-3)40-28-14-15-30-24(19-28)17-18-38-35(30)37;3-2(4,5)1(6)7/h9-21,23,34,40H,6-8,22H2,1-5H3,(H2,37,38)(H,39,43);(H,6,7). The maximum atomic E-state index is 14.1. The highest BCUT2D eigenvalue weighted by Gasteiger charge is 2.38. The number of anilines is 2. The number of halogens is 3. The van der Waals surface area contributed by atoms with Crippen LogP contribution in [0.4, 0.5) is 24.7 Å². The Morgan fingerprint density at radius 1 is 0.962 bits per heavy atom. The van der Waals surface area contributed by atoms with E-state index in [2.05, 4.69) is 35.5 Å². The van der Waals surface area contributed by atoms with E-state index in [4.69, 9.17) is 30.2 Å². The Hall–Kier alpha value is -5.79. The summed E-state index contributed by atoms with van der Waals surface area (Å²) in [4.78, 5) is 27.2. The first-order chi connectivity index (χ1) is 24.7. The van der Waals surface area contributed by atoms with Gasteiger partial charge in [0.05, 0.1) is 24.1 Å². The van der Waals surface area contributed by atoms with Crippen LogP contribution in [-0.4, -0.2) is 50.6 Å². The Balaban J connectivity index is 0.000000785. The van der Waals surface area contributed by atoms with Crippen molar-refractivity contribution in [2.24, 2.45) is 0 Å². The number of hydrogen-bond donors (Lipinski definition) is 4. The molecule has 0 saturated carbocycles. The third-order valence-electron chi connectivity index (χ3n) is 7.81. The number of aryl methyl sites for hydroxylation is 2. The number of nitrogen functional groups attached to an aromatic ring is 1. The summed E-state index contributed by atoms with van der Waals surface area (Å²) in [5.74, 6) is -1.26. The van der Waals surface area contributed by atoms with Gasteiger partial charge in [-0.25, -0.2) is 14.5 Å². The van der Waals surface area contributed by atoms with Gasteiger partial charge in [0.25, 0.3) is 0 Å². The molecule has 0 aliphatic rings. The van der Waals surface area contributed by atoms with E-state index in [9.17, 15) is 18.0 Å². The molecule has 14 heteroatoms. The van der Waals surface area contributed by atoms with Crippen molar-refractivity contribution < 1.29 is 37.3 Å². The van der Waals surface area contributed by atoms with Gasteiger partial charge in [-0.1, -0.05) is 38.1 Å². The number of carbonyl (C=O) groups excluding carboxylic acids is 1. The number of para-hydroxylation sites is 1. The van der Waals surface area contributed by atoms with Crippen LogP contribution in [0, 0.1) is 0 Å². The summed E-state index contributed by atoms with van der Waals surface area (Å²) in [7, 11) is 0. The molecule has 0 saturated heterocycles. The molecule has 5 rings (SSSR count). The van der Waals surface area contributed by atoms with Gasteiger partial charge in [0.2, 0.25) is 5.91 Å². The zero-order valence-corrected chi connectivity index (χ0v) is 29.6. The quantitative estimate of drug-likeness (QED) is 0.0974. The molecule has 0 spiro atoms. The van der Waals surface area contributed by atoms with E-state index in [1.54, 1.807) is 6.20 Å². The van der Waals surface area contributed by atoms with Gasteiger partial charge in [-0.2, -0.15) is 18.3 Å². The fourth-order valence-corrected chi connectivity index (χ4v) is 5.34. The number of aromatic nitrogens is 3. The van der Waals surface area contributed by atoms with Crippen LogP contribution >= 0.6 is 0 Å². The largest absolute Gasteiger partial charge is 0.490 e. The number of aliphatic carboxylic acids is 1. The van der Waals surface area contributed by atoms with Crippen LogP contribution < -0.4 is 25.8 Å². The molecule has 5 aromatic rings. The zero-order chi connectivity index (χ0) is 38.0. The van der Waals surface area contributed by atoms with Gasteiger partial charge in [0.1, 0.15) is 11.9 Å². The molecule has 5 N–H and O–H groups in total. The summed E-state index contributed by atoms with van der Waals surface area (Å²) >= 11 is 0. The predicted molar refractivity (Wildman–Crippen MR) is 194 cm³/mol. The van der Waals surface area contributed by atoms with E-state index in [-0.39, 0.29) is 12.0 Å². The van der Waals surface area contributed by atoms with Gasteiger partial charge in [0, 0.05) is 29.5 Å². The van der Waals surface area contributed by atoms with Crippen molar-refractivity contribution >= 4 is 34.2 Å². The summed E-state index contributed by atoms with van der Waals surface area (Å²) in [6.45, 7) is 10.9. The second-order valence-corrected chi connectivity index (χ2v) is 11.9. The van der Waals surface area contributed by atoms with Crippen molar-refractivity contribution in [3.8, 4) is 17.2 Å². The molecular formula is C38H43F3N6O5. The molecule has 1 atom stereocenters. The van der Waals surface area contributed by atoms with Gasteiger partial charge in [-0.3, -0.25) is 4.79 Å². The zero-order valence-electron chi connectivity index (χ0n) is 29.6. The Morgan fingerprint density at radius 2 is 1.69 bits per heavy atom. The summed E-state index contributed by atoms with van der Waals surface area (Å²) in [6.07, 6.45) is -1.72. The second-order valence-electron chi connectivity index (χ2n) is 11.9. The third-order valence-corrected chi connectivity index (χ3v) is 7.81. The van der Waals surface area contributed by atoms with Gasteiger partial charge < -0.3 is 30.9 Å². The van der Waals surface area contributed by atoms with Gasteiger partial charge in [-0.05, 0) is 98.7 Å². The number of carbonyl (C=O) groups is 2. The smallest absolute Gasteiger partial charge is 0.490 e. The second kappa shape index (κ2) is 17.4. The minimum absolute atomic E-state index is 0.0247. The lowest BCUT2D eigenvalue weighted by Crippen LogP contribution is -2.33. The highest BCUT2D eigenvalue weighted by molar-refractivity contribution is 5.94. The van der Waals surface area contributed by atoms with Crippen LogP contribution in [0.2, 0.25) is 0 Å². The monoisotopic (exact) mass is 720 g/mol. The number of rotatable bonds is 13. The van der Waals surface area contributed by atoms with Gasteiger partial charge in [-0.15, -0.1) is 0 Å². The summed E-state index contributed by atoms with van der Waals surface area (Å²) in [5.41, 5.74) is 11.7. The Bertz CT molecular complexity index is 2000. The van der Waals surface area contributed by atoms with Crippen LogP contribution in [0.15, 0.2) is 79.0 Å². The SMILES string of the molecule is CCOc1cc(C(Nc2ccc3c(N)nccc3c2)C(=O)NCc2ccccc2-n2nc(CC)cc2CC)ccc1OC(C)C.O=C(O)C(F)(F)F. The maximum absolute atomic E-state index is 14.1. The molecule has 1 amide bonds. The lowest BCUT2D eigenvalue weighted by molar-refractivity contribution is -0.192. The number of hydrogen-bond acceptors (Lipinski definition) is 8. The van der Waals surface area contributed by atoms with Crippen molar-refractivity contribution in [1.82, 2.24) is 20.1 Å². The normalized spacial score (nSPS) is 11.8. The predicted octanol–water partition coefficient (Wildman–Crippen LogP) is 7.42. The number of nitrogens with zero attached hydrogens (tertiary/aromatic N) is 3. The number of alkyl halides is 3. The molecule has 0 aliphatic carbocycles. The molecule has 276 valence electrons. The number of carboxylic acid groups (broad SMARTS) is 1. The molecular weight excluding hydrogens is 677 g/mol. The van der Waals surface area contributed by atoms with Crippen molar-refractivity contribution in [3.05, 3.63) is 102 Å². The van der Waals surface area contributed by atoms with E-state index in [0.717, 1.165) is 57.5 Å². The third kappa shape index (κ3) is 9.92. The molecule has 11 nitrogen and oxygen atoms in total. The van der Waals surface area contributed by atoms with E-state index in [1.807, 2.05) is 92.2 Å². The average molecular weight is 721 g/mol. The molecule has 0 radical (unpaired) electrons. The first-order valence-electron chi connectivity index (χ1n) is 16.8. The first-order valence-corrected chi connectivity index (χ1v) is 16.8. The van der Waals surface area contributed by atoms with Crippen molar-refractivity contribution in [2.75, 3.05) is 17.7 Å². The first kappa shape index (κ1) is 39.0. The van der Waals surface area contributed by atoms with E-state index in [1.165, 1.54) is 0 Å². The fraction of sp³-hybridized carbons (Fsp3) is 0.316. The fourth-order valence-electron chi connectivity index (χ4n) is 5.34. The number of amides is 1. The highest BCUT2D eigenvalue weighted by atomic mass is 19.4. The number of benzene rings is 3. The Labute approximate surface area is 300 Å². The number of pyridine rings is 1. The number of nitrogens with one attached hydrogen (secondary N) is 2. The molecule has 2 heterocycles. The maximum Gasteiger partial charge on any atom is 0.490 e. The van der Waals surface area contributed by atoms with Crippen LogP contribution in [0.3, 0.4) is 0 Å². The number of ether oxygens (including phenoxy) is 2. The van der Waals surface area contributed by atoms with E-state index in [0.29, 0.717) is 30.5 Å². The number of carboxylic acids is 1. The molecule has 0 bridgehead atoms. The lowest BCUT2D eigenvalue weighted by Gasteiger charge is -2.23. The average Bonchev–Trinajstić information content (AvgIpc) is 3.54.